The van der Waals surface area contributed by atoms with Crippen molar-refractivity contribution in [3.63, 3.8) is 0 Å². The van der Waals surface area contributed by atoms with Crippen LogP contribution >= 0.6 is 12.4 Å². The van der Waals surface area contributed by atoms with Gasteiger partial charge in [-0.2, -0.15) is 0 Å². The van der Waals surface area contributed by atoms with Gasteiger partial charge >= 0.3 is 0 Å². The number of aliphatic hydroxyl groups is 1. The van der Waals surface area contributed by atoms with Gasteiger partial charge in [0.05, 0.1) is 12.1 Å². The number of rotatable bonds is 3. The molecule has 92 valence electrons. The quantitative estimate of drug-likeness (QED) is 0.858. The third kappa shape index (κ3) is 3.21. The lowest BCUT2D eigenvalue weighted by Crippen LogP contribution is -2.31. The van der Waals surface area contributed by atoms with E-state index < -0.39 is 6.10 Å². The summed E-state index contributed by atoms with van der Waals surface area (Å²) in [5.41, 5.74) is 9.48. The Morgan fingerprint density at radius 2 is 1.56 bits per heavy atom. The Morgan fingerprint density at radius 3 is 1.94 bits per heavy atom. The number of hydrogen-bond donors (Lipinski definition) is 2. The fraction of sp³-hybridized carbons (Fsp3) is 0.538. The maximum absolute atomic E-state index is 9.97. The zero-order valence-corrected chi connectivity index (χ0v) is 11.2. The molecule has 1 aromatic rings. The summed E-state index contributed by atoms with van der Waals surface area (Å²) >= 11 is 0. The molecular formula is C13H22ClNO. The first-order valence-electron chi connectivity index (χ1n) is 5.45. The summed E-state index contributed by atoms with van der Waals surface area (Å²) in [6.07, 6.45) is -0.482. The Bertz CT molecular complexity index is 318. The summed E-state index contributed by atoms with van der Waals surface area (Å²) in [4.78, 5) is 0. The average molecular weight is 244 g/mol. The van der Waals surface area contributed by atoms with Crippen LogP contribution in [0.5, 0.6) is 0 Å². The molecule has 2 nitrogen and oxygen atoms in total. The van der Waals surface area contributed by atoms with Crippen LogP contribution in [0.1, 0.15) is 36.6 Å². The highest BCUT2D eigenvalue weighted by molar-refractivity contribution is 5.85. The zero-order valence-electron chi connectivity index (χ0n) is 10.4. The van der Waals surface area contributed by atoms with E-state index in [1.165, 1.54) is 0 Å². The van der Waals surface area contributed by atoms with Gasteiger partial charge in [0, 0.05) is 0 Å². The highest BCUT2D eigenvalue weighted by Crippen LogP contribution is 2.25. The molecule has 0 spiro atoms. The molecule has 1 aromatic carbocycles. The summed E-state index contributed by atoms with van der Waals surface area (Å²) in [6.45, 7) is 8.04. The summed E-state index contributed by atoms with van der Waals surface area (Å²) in [6, 6.07) is 5.80. The number of hydrogen-bond acceptors (Lipinski definition) is 2. The van der Waals surface area contributed by atoms with Crippen LogP contribution in [0, 0.1) is 19.8 Å². The molecule has 0 saturated carbocycles. The Labute approximate surface area is 104 Å². The number of aliphatic hydroxyl groups excluding tert-OH is 1. The molecule has 0 aliphatic heterocycles. The van der Waals surface area contributed by atoms with Crippen LogP contribution in [-0.4, -0.2) is 11.2 Å². The van der Waals surface area contributed by atoms with Gasteiger partial charge in [0.2, 0.25) is 0 Å². The molecule has 2 atom stereocenters. The fourth-order valence-corrected chi connectivity index (χ4v) is 1.94. The minimum Gasteiger partial charge on any atom is -0.391 e. The van der Waals surface area contributed by atoms with Crippen molar-refractivity contribution in [2.75, 3.05) is 0 Å². The molecule has 0 fully saturated rings. The Morgan fingerprint density at radius 1 is 1.12 bits per heavy atom. The van der Waals surface area contributed by atoms with E-state index in [9.17, 15) is 5.11 Å². The normalized spacial score (nSPS) is 14.4. The zero-order chi connectivity index (χ0) is 11.6. The van der Waals surface area contributed by atoms with Gasteiger partial charge in [-0.3, -0.25) is 0 Å². The van der Waals surface area contributed by atoms with E-state index in [2.05, 4.69) is 0 Å². The molecule has 0 saturated heterocycles. The molecule has 0 aliphatic carbocycles. The highest BCUT2D eigenvalue weighted by atomic mass is 35.5. The maximum atomic E-state index is 9.97. The predicted molar refractivity (Wildman–Crippen MR) is 70.9 cm³/mol. The van der Waals surface area contributed by atoms with Gasteiger partial charge in [0.25, 0.3) is 0 Å². The molecule has 3 N–H and O–H groups in total. The van der Waals surface area contributed by atoms with Crippen LogP contribution < -0.4 is 5.73 Å². The number of benzene rings is 1. The van der Waals surface area contributed by atoms with Gasteiger partial charge in [-0.05, 0) is 36.5 Å². The summed E-state index contributed by atoms with van der Waals surface area (Å²) in [5, 5.41) is 9.97. The topological polar surface area (TPSA) is 46.2 Å². The third-order valence-corrected chi connectivity index (χ3v) is 2.93. The molecule has 0 aromatic heterocycles. The first-order chi connectivity index (χ1) is 6.95. The first kappa shape index (κ1) is 15.4. The van der Waals surface area contributed by atoms with Crippen LogP contribution in [0.4, 0.5) is 0 Å². The van der Waals surface area contributed by atoms with Gasteiger partial charge in [-0.25, -0.2) is 0 Å². The summed E-state index contributed by atoms with van der Waals surface area (Å²) < 4.78 is 0. The van der Waals surface area contributed by atoms with Gasteiger partial charge in [-0.15, -0.1) is 12.4 Å². The molecule has 0 heterocycles. The number of halogens is 1. The summed E-state index contributed by atoms with van der Waals surface area (Å²) in [7, 11) is 0. The maximum Gasteiger partial charge on any atom is 0.0755 e. The van der Waals surface area contributed by atoms with Crippen LogP contribution in [0.2, 0.25) is 0 Å². The second-order valence-corrected chi connectivity index (χ2v) is 4.57. The SMILES string of the molecule is Cc1cccc(C)c1[C@@H](N)[C@@H](O)C(C)C.Cl. The van der Waals surface area contributed by atoms with E-state index >= 15 is 0 Å². The number of nitrogens with two attached hydrogens (primary N) is 1. The molecule has 0 amide bonds. The van der Waals surface area contributed by atoms with Gasteiger partial charge in [-0.1, -0.05) is 32.0 Å². The minimum atomic E-state index is -0.482. The van der Waals surface area contributed by atoms with E-state index in [0.29, 0.717) is 0 Å². The van der Waals surface area contributed by atoms with Crippen molar-refractivity contribution in [1.82, 2.24) is 0 Å². The second kappa shape index (κ2) is 6.24. The minimum absolute atomic E-state index is 0. The molecule has 1 rings (SSSR count). The van der Waals surface area contributed by atoms with E-state index in [1.807, 2.05) is 45.9 Å². The van der Waals surface area contributed by atoms with Crippen LogP contribution in [0.15, 0.2) is 18.2 Å². The lowest BCUT2D eigenvalue weighted by atomic mass is 9.89. The first-order valence-corrected chi connectivity index (χ1v) is 5.45. The largest absolute Gasteiger partial charge is 0.391 e. The van der Waals surface area contributed by atoms with E-state index in [0.717, 1.165) is 16.7 Å². The predicted octanol–water partition coefficient (Wildman–Crippen LogP) is 2.74. The smallest absolute Gasteiger partial charge is 0.0755 e. The van der Waals surface area contributed by atoms with E-state index in [-0.39, 0.29) is 24.4 Å². The Balaban J connectivity index is 0.00000225. The van der Waals surface area contributed by atoms with E-state index in [4.69, 9.17) is 5.73 Å². The van der Waals surface area contributed by atoms with Crippen molar-refractivity contribution < 1.29 is 5.11 Å². The van der Waals surface area contributed by atoms with Gasteiger partial charge < -0.3 is 10.8 Å². The Hall–Kier alpha value is -0.570. The molecule has 0 unspecified atom stereocenters. The summed E-state index contributed by atoms with van der Waals surface area (Å²) in [5.74, 6) is 0.180. The fourth-order valence-electron chi connectivity index (χ4n) is 1.94. The van der Waals surface area contributed by atoms with Gasteiger partial charge in [0.15, 0.2) is 0 Å². The van der Waals surface area contributed by atoms with Crippen molar-refractivity contribution in [2.24, 2.45) is 11.7 Å². The van der Waals surface area contributed by atoms with Crippen molar-refractivity contribution >= 4 is 12.4 Å². The lowest BCUT2D eigenvalue weighted by molar-refractivity contribution is 0.0975. The molecule has 16 heavy (non-hydrogen) atoms. The van der Waals surface area contributed by atoms with Crippen LogP contribution in [-0.2, 0) is 0 Å². The highest BCUT2D eigenvalue weighted by Gasteiger charge is 2.22. The molecular weight excluding hydrogens is 222 g/mol. The third-order valence-electron chi connectivity index (χ3n) is 2.93. The van der Waals surface area contributed by atoms with Crippen molar-refractivity contribution in [1.29, 1.82) is 0 Å². The lowest BCUT2D eigenvalue weighted by Gasteiger charge is -2.25. The molecule has 0 aliphatic rings. The monoisotopic (exact) mass is 243 g/mol. The van der Waals surface area contributed by atoms with Crippen molar-refractivity contribution in [3.8, 4) is 0 Å². The number of aryl methyl sites for hydroxylation is 2. The second-order valence-electron chi connectivity index (χ2n) is 4.57. The van der Waals surface area contributed by atoms with E-state index in [1.54, 1.807) is 0 Å². The van der Waals surface area contributed by atoms with Crippen LogP contribution in [0.25, 0.3) is 0 Å². The molecule has 0 bridgehead atoms. The van der Waals surface area contributed by atoms with Gasteiger partial charge in [0.1, 0.15) is 0 Å². The van der Waals surface area contributed by atoms with Crippen molar-refractivity contribution in [3.05, 3.63) is 34.9 Å². The van der Waals surface area contributed by atoms with Crippen LogP contribution in [0.3, 0.4) is 0 Å². The standard InChI is InChI=1S/C13H21NO.ClH/c1-8(2)13(15)12(14)11-9(3)6-5-7-10(11)4;/h5-8,12-13,15H,14H2,1-4H3;1H/t12-,13+;/m1./s1. The van der Waals surface area contributed by atoms with Crippen molar-refractivity contribution in [2.45, 2.75) is 39.8 Å². The Kier molecular flexibility index (Phi) is 6.01. The molecule has 3 heteroatoms. The average Bonchev–Trinajstić information content (AvgIpc) is 2.15. The molecule has 0 radical (unpaired) electrons.